The first-order valence-electron chi connectivity index (χ1n) is 9.75. The van der Waals surface area contributed by atoms with Crippen LogP contribution >= 0.6 is 0 Å². The maximum Gasteiger partial charge on any atom is 0.0991 e. The van der Waals surface area contributed by atoms with E-state index in [0.29, 0.717) is 22.5 Å². The van der Waals surface area contributed by atoms with Gasteiger partial charge in [-0.1, -0.05) is 6.07 Å². The lowest BCUT2D eigenvalue weighted by molar-refractivity contribution is 0.600. The van der Waals surface area contributed by atoms with Gasteiger partial charge in [-0.15, -0.1) is 0 Å². The van der Waals surface area contributed by atoms with Crippen LogP contribution in [-0.2, 0) is 6.42 Å². The summed E-state index contributed by atoms with van der Waals surface area (Å²) < 4.78 is 0. The molecule has 1 atom stereocenters. The van der Waals surface area contributed by atoms with Gasteiger partial charge in [-0.2, -0.15) is 5.26 Å². The van der Waals surface area contributed by atoms with Gasteiger partial charge in [0.2, 0.25) is 0 Å². The number of aromatic nitrogens is 1. The van der Waals surface area contributed by atoms with Crippen LogP contribution < -0.4 is 11.1 Å². The number of anilines is 2. The summed E-state index contributed by atoms with van der Waals surface area (Å²) in [6.07, 6.45) is 6.57. The number of benzene rings is 2. The summed E-state index contributed by atoms with van der Waals surface area (Å²) in [5.74, 6) is 0. The number of nitrogens with two attached hydrogens (primary N) is 1. The van der Waals surface area contributed by atoms with Gasteiger partial charge in [0.1, 0.15) is 0 Å². The van der Waals surface area contributed by atoms with Crippen molar-refractivity contribution in [1.82, 2.24) is 4.98 Å². The van der Waals surface area contributed by atoms with Crippen LogP contribution in [0.25, 0.3) is 0 Å². The molecule has 0 saturated heterocycles. The summed E-state index contributed by atoms with van der Waals surface area (Å²) in [6, 6.07) is 16.0. The predicted octanol–water partition coefficient (Wildman–Crippen LogP) is 4.75. The molecule has 2 aromatic carbocycles. The molecule has 1 heterocycles. The second kappa shape index (κ2) is 7.76. The summed E-state index contributed by atoms with van der Waals surface area (Å²) in [5.41, 5.74) is 13.7. The van der Waals surface area contributed by atoms with Crippen molar-refractivity contribution in [3.8, 4) is 6.07 Å². The Balaban J connectivity index is 1.62. The predicted molar refractivity (Wildman–Crippen MR) is 116 cm³/mol. The highest BCUT2D eigenvalue weighted by atomic mass is 14.9. The van der Waals surface area contributed by atoms with Crippen LogP contribution in [0.5, 0.6) is 0 Å². The smallest absolute Gasteiger partial charge is 0.0991 e. The molecular formula is C24H23N5. The van der Waals surface area contributed by atoms with Crippen molar-refractivity contribution < 1.29 is 0 Å². The zero-order valence-corrected chi connectivity index (χ0v) is 16.4. The van der Waals surface area contributed by atoms with Gasteiger partial charge in [-0.3, -0.25) is 10.4 Å². The maximum atomic E-state index is 9.16. The zero-order chi connectivity index (χ0) is 20.4. The first kappa shape index (κ1) is 18.7. The van der Waals surface area contributed by atoms with Gasteiger partial charge in [-0.25, -0.2) is 0 Å². The molecule has 1 aliphatic carbocycles. The zero-order valence-electron chi connectivity index (χ0n) is 16.4. The molecule has 4 N–H and O–H groups in total. The van der Waals surface area contributed by atoms with Crippen molar-refractivity contribution >= 4 is 17.1 Å². The number of nitrogens with zero attached hydrogens (tertiary/aromatic N) is 2. The average Bonchev–Trinajstić information content (AvgIpc) is 2.74. The van der Waals surface area contributed by atoms with E-state index in [1.165, 1.54) is 11.1 Å². The van der Waals surface area contributed by atoms with Crippen LogP contribution in [0.2, 0.25) is 0 Å². The quantitative estimate of drug-likeness (QED) is 0.448. The van der Waals surface area contributed by atoms with E-state index in [9.17, 15) is 0 Å². The summed E-state index contributed by atoms with van der Waals surface area (Å²) in [4.78, 5) is 4.20. The highest BCUT2D eigenvalue weighted by Gasteiger charge is 2.21. The van der Waals surface area contributed by atoms with E-state index in [-0.39, 0.29) is 6.04 Å². The minimum atomic E-state index is 0.179. The van der Waals surface area contributed by atoms with Crippen molar-refractivity contribution in [2.24, 2.45) is 0 Å². The third-order valence-corrected chi connectivity index (χ3v) is 5.41. The molecule has 1 aliphatic rings. The van der Waals surface area contributed by atoms with Gasteiger partial charge in [0.05, 0.1) is 23.4 Å². The lowest BCUT2D eigenvalue weighted by Gasteiger charge is -2.27. The minimum Gasteiger partial charge on any atom is -0.398 e. The van der Waals surface area contributed by atoms with E-state index in [1.54, 1.807) is 12.4 Å². The molecule has 0 radical (unpaired) electrons. The van der Waals surface area contributed by atoms with Crippen molar-refractivity contribution in [3.05, 3.63) is 88.2 Å². The van der Waals surface area contributed by atoms with Gasteiger partial charge >= 0.3 is 0 Å². The summed E-state index contributed by atoms with van der Waals surface area (Å²) >= 11 is 0. The van der Waals surface area contributed by atoms with E-state index in [0.717, 1.165) is 36.1 Å². The topological polar surface area (TPSA) is 98.6 Å². The van der Waals surface area contributed by atoms with Gasteiger partial charge in [0, 0.05) is 34.9 Å². The Morgan fingerprint density at radius 2 is 2.07 bits per heavy atom. The standard InChI is InChI=1S/C24H23N5/c1-15-9-18(14-28-13-15)24(27)21-11-19(6-8-22(21)26)29-23-4-2-3-17-10-16(12-25)5-7-20(17)23/h5-11,13-14,23,27,29H,2-4,26H2,1H3. The third kappa shape index (κ3) is 3.83. The number of pyridine rings is 1. The van der Waals surface area contributed by atoms with E-state index in [1.807, 2.05) is 43.3 Å². The molecule has 1 unspecified atom stereocenters. The van der Waals surface area contributed by atoms with E-state index in [4.69, 9.17) is 16.4 Å². The molecule has 0 aliphatic heterocycles. The molecule has 0 amide bonds. The molecule has 0 fully saturated rings. The Morgan fingerprint density at radius 3 is 2.86 bits per heavy atom. The molecule has 144 valence electrons. The summed E-state index contributed by atoms with van der Waals surface area (Å²) in [5, 5.41) is 21.4. The molecule has 5 heteroatoms. The van der Waals surface area contributed by atoms with Gasteiger partial charge in [0.25, 0.3) is 0 Å². The van der Waals surface area contributed by atoms with Crippen LogP contribution in [0.1, 0.15) is 52.3 Å². The number of hydrogen-bond acceptors (Lipinski definition) is 5. The van der Waals surface area contributed by atoms with Crippen molar-refractivity contribution in [3.63, 3.8) is 0 Å². The number of fused-ring (bicyclic) bond motifs is 1. The molecule has 29 heavy (non-hydrogen) atoms. The van der Waals surface area contributed by atoms with Gasteiger partial charge in [-0.05, 0) is 79.3 Å². The second-order valence-corrected chi connectivity index (χ2v) is 7.54. The molecule has 3 aromatic rings. The Labute approximate surface area is 170 Å². The van der Waals surface area contributed by atoms with Crippen LogP contribution in [0.4, 0.5) is 11.4 Å². The molecule has 0 saturated carbocycles. The molecule has 0 bridgehead atoms. The minimum absolute atomic E-state index is 0.179. The van der Waals surface area contributed by atoms with Crippen molar-refractivity contribution in [2.75, 3.05) is 11.1 Å². The van der Waals surface area contributed by atoms with Crippen LogP contribution in [0, 0.1) is 23.7 Å². The fourth-order valence-electron chi connectivity index (χ4n) is 3.94. The Bertz CT molecular complexity index is 1130. The Kier molecular flexibility index (Phi) is 5.01. The van der Waals surface area contributed by atoms with Crippen molar-refractivity contribution in [1.29, 1.82) is 10.7 Å². The Morgan fingerprint density at radius 1 is 1.21 bits per heavy atom. The third-order valence-electron chi connectivity index (χ3n) is 5.41. The maximum absolute atomic E-state index is 9.16. The monoisotopic (exact) mass is 381 g/mol. The summed E-state index contributed by atoms with van der Waals surface area (Å²) in [6.45, 7) is 1.96. The highest BCUT2D eigenvalue weighted by molar-refractivity contribution is 6.14. The molecule has 0 spiro atoms. The van der Waals surface area contributed by atoms with Gasteiger partial charge < -0.3 is 11.1 Å². The fourth-order valence-corrected chi connectivity index (χ4v) is 3.94. The van der Waals surface area contributed by atoms with Gasteiger partial charge in [0.15, 0.2) is 0 Å². The lowest BCUT2D eigenvalue weighted by Crippen LogP contribution is -2.18. The second-order valence-electron chi connectivity index (χ2n) is 7.54. The number of nitrogens with one attached hydrogen (secondary N) is 2. The number of hydrogen-bond donors (Lipinski definition) is 3. The van der Waals surface area contributed by atoms with Crippen LogP contribution in [0.3, 0.4) is 0 Å². The molecule has 4 rings (SSSR count). The first-order valence-corrected chi connectivity index (χ1v) is 9.75. The van der Waals surface area contributed by atoms with Crippen molar-refractivity contribution in [2.45, 2.75) is 32.2 Å². The van der Waals surface area contributed by atoms with Crippen LogP contribution in [-0.4, -0.2) is 10.7 Å². The highest BCUT2D eigenvalue weighted by Crippen LogP contribution is 2.34. The van der Waals surface area contributed by atoms with E-state index in [2.05, 4.69) is 22.4 Å². The lowest BCUT2D eigenvalue weighted by atomic mass is 9.86. The molecule has 5 nitrogen and oxygen atoms in total. The fraction of sp³-hybridized carbons (Fsp3) is 0.208. The van der Waals surface area contributed by atoms with Crippen LogP contribution in [0.15, 0.2) is 54.9 Å². The van der Waals surface area contributed by atoms with E-state index >= 15 is 0 Å². The SMILES string of the molecule is Cc1cncc(C(=N)c2cc(NC3CCCc4cc(C#N)ccc43)ccc2N)c1. The number of rotatable bonds is 4. The molecule has 1 aromatic heterocycles. The number of aryl methyl sites for hydroxylation is 2. The summed E-state index contributed by atoms with van der Waals surface area (Å²) in [7, 11) is 0. The largest absolute Gasteiger partial charge is 0.398 e. The molecular weight excluding hydrogens is 358 g/mol. The average molecular weight is 381 g/mol. The normalized spacial score (nSPS) is 15.2. The number of nitrogen functional groups attached to an aromatic ring is 1. The Hall–Kier alpha value is -3.65. The first-order chi connectivity index (χ1) is 14.0. The number of nitriles is 1. The van der Waals surface area contributed by atoms with E-state index < -0.39 is 0 Å².